The van der Waals surface area contributed by atoms with Crippen molar-refractivity contribution >= 4 is 0 Å². The van der Waals surface area contributed by atoms with Gasteiger partial charge in [-0.05, 0) is 35.7 Å². The molecule has 0 aliphatic heterocycles. The van der Waals surface area contributed by atoms with Crippen LogP contribution in [0.5, 0.6) is 11.5 Å². The first-order valence-electron chi connectivity index (χ1n) is 6.59. The summed E-state index contributed by atoms with van der Waals surface area (Å²) in [6, 6.07) is 13.5. The van der Waals surface area contributed by atoms with Gasteiger partial charge in [0, 0.05) is 12.5 Å². The fourth-order valence-electron chi connectivity index (χ4n) is 2.19. The Kier molecular flexibility index (Phi) is 4.64. The van der Waals surface area contributed by atoms with E-state index in [1.54, 1.807) is 20.3 Å². The van der Waals surface area contributed by atoms with E-state index in [1.165, 1.54) is 5.56 Å². The predicted octanol–water partition coefficient (Wildman–Crippen LogP) is 3.29. The molecule has 2 aromatic rings. The molecule has 2 aromatic carbocycles. The summed E-state index contributed by atoms with van der Waals surface area (Å²) in [7, 11) is 3.21. The van der Waals surface area contributed by atoms with Crippen molar-refractivity contribution in [2.24, 2.45) is 0 Å². The number of hydrogen-bond donors (Lipinski definition) is 1. The van der Waals surface area contributed by atoms with Crippen molar-refractivity contribution in [3.8, 4) is 11.5 Å². The van der Waals surface area contributed by atoms with Crippen LogP contribution in [0.15, 0.2) is 42.5 Å². The number of methoxy groups -OCH3 is 2. The molecule has 0 heterocycles. The summed E-state index contributed by atoms with van der Waals surface area (Å²) in [4.78, 5) is 0. The normalized spacial score (nSPS) is 12.0. The minimum atomic E-state index is -0.583. The van der Waals surface area contributed by atoms with E-state index in [1.807, 2.05) is 43.3 Å². The summed E-state index contributed by atoms with van der Waals surface area (Å²) in [6.45, 7) is 2.05. The van der Waals surface area contributed by atoms with E-state index >= 15 is 0 Å². The van der Waals surface area contributed by atoms with Crippen LogP contribution in [-0.2, 0) is 6.42 Å². The molecule has 0 fully saturated rings. The van der Waals surface area contributed by atoms with Gasteiger partial charge in [-0.3, -0.25) is 0 Å². The van der Waals surface area contributed by atoms with Crippen molar-refractivity contribution in [3.63, 3.8) is 0 Å². The Morgan fingerprint density at radius 1 is 1.00 bits per heavy atom. The highest BCUT2D eigenvalue weighted by molar-refractivity contribution is 5.40. The zero-order chi connectivity index (χ0) is 14.5. The van der Waals surface area contributed by atoms with Gasteiger partial charge in [0.05, 0.1) is 20.3 Å². The second kappa shape index (κ2) is 6.44. The molecule has 1 unspecified atom stereocenters. The molecule has 0 saturated carbocycles. The van der Waals surface area contributed by atoms with Crippen molar-refractivity contribution in [1.29, 1.82) is 0 Å². The van der Waals surface area contributed by atoms with Gasteiger partial charge in [0.2, 0.25) is 0 Å². The van der Waals surface area contributed by atoms with Crippen LogP contribution in [-0.4, -0.2) is 19.3 Å². The van der Waals surface area contributed by atoms with Gasteiger partial charge in [-0.15, -0.1) is 0 Å². The quantitative estimate of drug-likeness (QED) is 0.907. The van der Waals surface area contributed by atoms with E-state index in [4.69, 9.17) is 9.47 Å². The lowest BCUT2D eigenvalue weighted by molar-refractivity contribution is 0.177. The van der Waals surface area contributed by atoms with E-state index in [-0.39, 0.29) is 0 Å². The Hall–Kier alpha value is -2.00. The van der Waals surface area contributed by atoms with Gasteiger partial charge in [0.25, 0.3) is 0 Å². The van der Waals surface area contributed by atoms with Gasteiger partial charge in [-0.2, -0.15) is 0 Å². The zero-order valence-electron chi connectivity index (χ0n) is 12.1. The molecule has 3 heteroatoms. The first-order chi connectivity index (χ1) is 9.63. The number of aliphatic hydroxyl groups excluding tert-OH is 1. The van der Waals surface area contributed by atoms with E-state index in [0.717, 1.165) is 11.1 Å². The highest BCUT2D eigenvalue weighted by Gasteiger charge is 2.12. The fourth-order valence-corrected chi connectivity index (χ4v) is 2.19. The molecule has 2 rings (SSSR count). The average Bonchev–Trinajstić information content (AvgIpc) is 2.48. The molecular weight excluding hydrogens is 252 g/mol. The van der Waals surface area contributed by atoms with Crippen LogP contribution in [0.25, 0.3) is 0 Å². The van der Waals surface area contributed by atoms with Crippen LogP contribution >= 0.6 is 0 Å². The largest absolute Gasteiger partial charge is 0.497 e. The van der Waals surface area contributed by atoms with Crippen molar-refractivity contribution < 1.29 is 14.6 Å². The molecule has 0 amide bonds. The van der Waals surface area contributed by atoms with Crippen LogP contribution in [0.2, 0.25) is 0 Å². The first-order valence-corrected chi connectivity index (χ1v) is 6.59. The highest BCUT2D eigenvalue weighted by atomic mass is 16.5. The Bertz CT molecular complexity index is 556. The Morgan fingerprint density at radius 3 is 2.15 bits per heavy atom. The monoisotopic (exact) mass is 272 g/mol. The fraction of sp³-hybridized carbons (Fsp3) is 0.294. The smallest absolute Gasteiger partial charge is 0.122 e. The molecule has 0 radical (unpaired) electrons. The van der Waals surface area contributed by atoms with Crippen molar-refractivity contribution in [2.75, 3.05) is 14.2 Å². The third kappa shape index (κ3) is 3.31. The average molecular weight is 272 g/mol. The lowest BCUT2D eigenvalue weighted by Crippen LogP contribution is -2.04. The maximum Gasteiger partial charge on any atom is 0.122 e. The van der Waals surface area contributed by atoms with Crippen LogP contribution in [0.3, 0.4) is 0 Å². The molecule has 0 spiro atoms. The van der Waals surface area contributed by atoms with E-state index in [2.05, 4.69) is 0 Å². The number of rotatable bonds is 5. The van der Waals surface area contributed by atoms with Crippen LogP contribution in [0, 0.1) is 6.92 Å². The lowest BCUT2D eigenvalue weighted by Gasteiger charge is -2.15. The van der Waals surface area contributed by atoms with E-state index in [0.29, 0.717) is 17.9 Å². The van der Waals surface area contributed by atoms with Crippen molar-refractivity contribution in [2.45, 2.75) is 19.4 Å². The molecule has 1 N–H and O–H groups in total. The maximum atomic E-state index is 10.4. The summed E-state index contributed by atoms with van der Waals surface area (Å²) < 4.78 is 10.5. The Morgan fingerprint density at radius 2 is 1.60 bits per heavy atom. The SMILES string of the molecule is COc1cc(OC)cc(C(O)Cc2ccccc2C)c1. The molecule has 0 bridgehead atoms. The third-order valence-corrected chi connectivity index (χ3v) is 3.43. The first kappa shape index (κ1) is 14.4. The van der Waals surface area contributed by atoms with Crippen LogP contribution in [0.1, 0.15) is 22.8 Å². The van der Waals surface area contributed by atoms with Crippen LogP contribution < -0.4 is 9.47 Å². The summed E-state index contributed by atoms with van der Waals surface area (Å²) in [6.07, 6.45) is -0.0108. The summed E-state index contributed by atoms with van der Waals surface area (Å²) in [5, 5.41) is 10.4. The molecule has 0 aliphatic carbocycles. The number of ether oxygens (including phenoxy) is 2. The molecule has 1 atom stereocenters. The minimum Gasteiger partial charge on any atom is -0.497 e. The third-order valence-electron chi connectivity index (χ3n) is 3.43. The predicted molar refractivity (Wildman–Crippen MR) is 79.4 cm³/mol. The lowest BCUT2D eigenvalue weighted by atomic mass is 9.98. The highest BCUT2D eigenvalue weighted by Crippen LogP contribution is 2.28. The summed E-state index contributed by atoms with van der Waals surface area (Å²) in [5.41, 5.74) is 3.12. The van der Waals surface area contributed by atoms with Gasteiger partial charge in [0.1, 0.15) is 11.5 Å². The van der Waals surface area contributed by atoms with Gasteiger partial charge in [-0.1, -0.05) is 24.3 Å². The van der Waals surface area contributed by atoms with E-state index < -0.39 is 6.10 Å². The summed E-state index contributed by atoms with van der Waals surface area (Å²) in [5.74, 6) is 1.37. The second-order valence-electron chi connectivity index (χ2n) is 4.79. The number of benzene rings is 2. The molecule has 0 saturated heterocycles. The Labute approximate surface area is 119 Å². The van der Waals surface area contributed by atoms with Crippen molar-refractivity contribution in [1.82, 2.24) is 0 Å². The second-order valence-corrected chi connectivity index (χ2v) is 4.79. The molecule has 0 aliphatic rings. The van der Waals surface area contributed by atoms with Gasteiger partial charge >= 0.3 is 0 Å². The zero-order valence-corrected chi connectivity index (χ0v) is 12.1. The minimum absolute atomic E-state index is 0.572. The molecular formula is C17H20O3. The molecule has 106 valence electrons. The molecule has 20 heavy (non-hydrogen) atoms. The number of aliphatic hydroxyl groups is 1. The standard InChI is InChI=1S/C17H20O3/c1-12-6-4-5-7-13(12)10-17(18)14-8-15(19-2)11-16(9-14)20-3/h4-9,11,17-18H,10H2,1-3H3. The topological polar surface area (TPSA) is 38.7 Å². The molecule has 3 nitrogen and oxygen atoms in total. The van der Waals surface area contributed by atoms with Crippen molar-refractivity contribution in [3.05, 3.63) is 59.2 Å². The van der Waals surface area contributed by atoms with E-state index in [9.17, 15) is 5.11 Å². The number of hydrogen-bond acceptors (Lipinski definition) is 3. The summed E-state index contributed by atoms with van der Waals surface area (Å²) >= 11 is 0. The van der Waals surface area contributed by atoms with Gasteiger partial charge in [0.15, 0.2) is 0 Å². The van der Waals surface area contributed by atoms with Crippen LogP contribution in [0.4, 0.5) is 0 Å². The molecule has 0 aromatic heterocycles. The van der Waals surface area contributed by atoms with Gasteiger partial charge in [-0.25, -0.2) is 0 Å². The van der Waals surface area contributed by atoms with Gasteiger partial charge < -0.3 is 14.6 Å². The Balaban J connectivity index is 2.24. The number of aryl methyl sites for hydroxylation is 1. The maximum absolute atomic E-state index is 10.4.